The molecule has 0 aromatic rings. The van der Waals surface area contributed by atoms with Gasteiger partial charge in [-0.1, -0.05) is 12.8 Å². The molecular formula is C8H15NO3. The van der Waals surface area contributed by atoms with E-state index in [0.717, 1.165) is 19.3 Å². The van der Waals surface area contributed by atoms with Crippen LogP contribution in [0.25, 0.3) is 0 Å². The van der Waals surface area contributed by atoms with Gasteiger partial charge in [0, 0.05) is 5.92 Å². The van der Waals surface area contributed by atoms with E-state index in [1.54, 1.807) is 0 Å². The van der Waals surface area contributed by atoms with Crippen molar-refractivity contribution in [2.75, 3.05) is 0 Å². The minimum Gasteiger partial charge on any atom is -0.480 e. The van der Waals surface area contributed by atoms with E-state index >= 15 is 0 Å². The highest BCUT2D eigenvalue weighted by Crippen LogP contribution is 2.26. The van der Waals surface area contributed by atoms with Crippen molar-refractivity contribution in [2.24, 2.45) is 11.7 Å². The van der Waals surface area contributed by atoms with Crippen molar-refractivity contribution in [3.05, 3.63) is 0 Å². The minimum absolute atomic E-state index is 0.253. The van der Waals surface area contributed by atoms with Crippen molar-refractivity contribution in [2.45, 2.75) is 37.8 Å². The molecule has 0 aromatic heterocycles. The van der Waals surface area contributed by atoms with Gasteiger partial charge in [0.1, 0.15) is 6.04 Å². The van der Waals surface area contributed by atoms with E-state index in [-0.39, 0.29) is 5.92 Å². The van der Waals surface area contributed by atoms with Crippen LogP contribution in [-0.4, -0.2) is 28.3 Å². The number of hydrogen-bond acceptors (Lipinski definition) is 3. The summed E-state index contributed by atoms with van der Waals surface area (Å²) in [5.41, 5.74) is 5.42. The molecule has 1 aliphatic carbocycles. The first-order valence-electron chi connectivity index (χ1n) is 4.29. The maximum atomic E-state index is 10.5. The Morgan fingerprint density at radius 1 is 1.42 bits per heavy atom. The number of carbonyl (C=O) groups is 1. The lowest BCUT2D eigenvalue weighted by molar-refractivity contribution is -0.141. The highest BCUT2D eigenvalue weighted by molar-refractivity contribution is 5.73. The summed E-state index contributed by atoms with van der Waals surface area (Å²) >= 11 is 0. The van der Waals surface area contributed by atoms with E-state index in [2.05, 4.69) is 0 Å². The Bertz CT molecular complexity index is 172. The number of hydrogen-bond donors (Lipinski definition) is 3. The second-order valence-electron chi connectivity index (χ2n) is 3.38. The number of carboxylic acid groups (broad SMARTS) is 1. The topological polar surface area (TPSA) is 83.6 Å². The van der Waals surface area contributed by atoms with Crippen LogP contribution in [0, 0.1) is 5.92 Å². The van der Waals surface area contributed by atoms with Gasteiger partial charge in [-0.15, -0.1) is 0 Å². The van der Waals surface area contributed by atoms with Gasteiger partial charge in [-0.25, -0.2) is 0 Å². The van der Waals surface area contributed by atoms with Crippen molar-refractivity contribution < 1.29 is 15.0 Å². The maximum Gasteiger partial charge on any atom is 0.320 e. The molecule has 1 fully saturated rings. The number of aliphatic hydroxyl groups is 1. The third kappa shape index (κ3) is 1.95. The number of nitrogens with two attached hydrogens (primary N) is 1. The minimum atomic E-state index is -1.01. The predicted octanol–water partition coefficient (Wildman–Crippen LogP) is -0.0506. The molecule has 0 aromatic carbocycles. The van der Waals surface area contributed by atoms with Crippen LogP contribution in [0.1, 0.15) is 25.7 Å². The Hall–Kier alpha value is -0.610. The summed E-state index contributed by atoms with van der Waals surface area (Å²) in [7, 11) is 0. The molecule has 4 nitrogen and oxygen atoms in total. The fraction of sp³-hybridized carbons (Fsp3) is 0.875. The summed E-state index contributed by atoms with van der Waals surface area (Å²) in [6, 6.07) is -0.903. The molecule has 1 rings (SSSR count). The van der Waals surface area contributed by atoms with Gasteiger partial charge in [0.25, 0.3) is 0 Å². The van der Waals surface area contributed by atoms with Crippen LogP contribution >= 0.6 is 0 Å². The second-order valence-corrected chi connectivity index (χ2v) is 3.38. The Balaban J connectivity index is 2.53. The number of rotatable bonds is 2. The molecule has 4 N–H and O–H groups in total. The zero-order valence-electron chi connectivity index (χ0n) is 6.94. The molecule has 0 spiro atoms. The number of aliphatic hydroxyl groups excluding tert-OH is 1. The lowest BCUT2D eigenvalue weighted by Gasteiger charge is -2.29. The highest BCUT2D eigenvalue weighted by atomic mass is 16.4. The summed E-state index contributed by atoms with van der Waals surface area (Å²) < 4.78 is 0. The lowest BCUT2D eigenvalue weighted by atomic mass is 9.82. The van der Waals surface area contributed by atoms with Gasteiger partial charge in [-0.2, -0.15) is 0 Å². The summed E-state index contributed by atoms with van der Waals surface area (Å²) in [6.07, 6.45) is 2.84. The highest BCUT2D eigenvalue weighted by Gasteiger charge is 2.32. The molecule has 12 heavy (non-hydrogen) atoms. The predicted molar refractivity (Wildman–Crippen MR) is 43.6 cm³/mol. The van der Waals surface area contributed by atoms with Crippen molar-refractivity contribution in [3.63, 3.8) is 0 Å². The van der Waals surface area contributed by atoms with Crippen LogP contribution in [0.2, 0.25) is 0 Å². The first kappa shape index (κ1) is 9.48. The zero-order valence-corrected chi connectivity index (χ0v) is 6.94. The second kappa shape index (κ2) is 3.87. The molecule has 0 amide bonds. The maximum absolute atomic E-state index is 10.5. The molecular weight excluding hydrogens is 158 g/mol. The molecule has 0 aliphatic heterocycles. The van der Waals surface area contributed by atoms with E-state index in [4.69, 9.17) is 10.8 Å². The molecule has 3 atom stereocenters. The first-order chi connectivity index (χ1) is 5.63. The van der Waals surface area contributed by atoms with Gasteiger partial charge in [-0.05, 0) is 12.8 Å². The molecule has 2 unspecified atom stereocenters. The molecule has 70 valence electrons. The van der Waals surface area contributed by atoms with Crippen LogP contribution in [0.3, 0.4) is 0 Å². The molecule has 1 saturated carbocycles. The fourth-order valence-corrected chi connectivity index (χ4v) is 1.74. The van der Waals surface area contributed by atoms with Gasteiger partial charge >= 0.3 is 5.97 Å². The molecule has 1 aliphatic rings. The van der Waals surface area contributed by atoms with E-state index in [1.807, 2.05) is 0 Å². The molecule has 4 heteroatoms. The van der Waals surface area contributed by atoms with Gasteiger partial charge in [0.05, 0.1) is 6.10 Å². The smallest absolute Gasteiger partial charge is 0.320 e. The van der Waals surface area contributed by atoms with Gasteiger partial charge < -0.3 is 15.9 Å². The van der Waals surface area contributed by atoms with Crippen LogP contribution in [0.5, 0.6) is 0 Å². The standard InChI is InChI=1S/C8H15NO3/c9-7(8(11)12)5-3-1-2-4-6(5)10/h5-7,10H,1-4,9H2,(H,11,12)/t5?,6?,7-/m1/s1. The molecule has 0 radical (unpaired) electrons. The monoisotopic (exact) mass is 173 g/mol. The molecule has 0 bridgehead atoms. The quantitative estimate of drug-likeness (QED) is 0.546. The summed E-state index contributed by atoms with van der Waals surface area (Å²) in [6.45, 7) is 0. The van der Waals surface area contributed by atoms with Crippen molar-refractivity contribution in [3.8, 4) is 0 Å². The lowest BCUT2D eigenvalue weighted by Crippen LogP contribution is -2.45. The largest absolute Gasteiger partial charge is 0.480 e. The summed E-state index contributed by atoms with van der Waals surface area (Å²) in [5, 5.41) is 18.1. The van der Waals surface area contributed by atoms with Gasteiger partial charge in [0.15, 0.2) is 0 Å². The van der Waals surface area contributed by atoms with Crippen molar-refractivity contribution in [1.82, 2.24) is 0 Å². The fourth-order valence-electron chi connectivity index (χ4n) is 1.74. The van der Waals surface area contributed by atoms with Crippen LogP contribution in [0.4, 0.5) is 0 Å². The Kier molecular flexibility index (Phi) is 3.05. The van der Waals surface area contributed by atoms with Crippen molar-refractivity contribution in [1.29, 1.82) is 0 Å². The Morgan fingerprint density at radius 3 is 2.50 bits per heavy atom. The van der Waals surface area contributed by atoms with Crippen LogP contribution in [0.15, 0.2) is 0 Å². The van der Waals surface area contributed by atoms with E-state index in [0.29, 0.717) is 6.42 Å². The van der Waals surface area contributed by atoms with Gasteiger partial charge in [-0.3, -0.25) is 4.79 Å². The first-order valence-corrected chi connectivity index (χ1v) is 4.29. The normalized spacial score (nSPS) is 32.8. The summed E-state index contributed by atoms with van der Waals surface area (Å²) in [4.78, 5) is 10.5. The SMILES string of the molecule is N[C@@H](C(=O)O)C1CCCCC1O. The zero-order chi connectivity index (χ0) is 9.14. The molecule has 0 heterocycles. The van der Waals surface area contributed by atoms with E-state index in [9.17, 15) is 9.90 Å². The van der Waals surface area contributed by atoms with E-state index < -0.39 is 18.1 Å². The Labute approximate surface area is 71.4 Å². The van der Waals surface area contributed by atoms with Crippen LogP contribution in [-0.2, 0) is 4.79 Å². The van der Waals surface area contributed by atoms with E-state index in [1.165, 1.54) is 0 Å². The van der Waals surface area contributed by atoms with Crippen molar-refractivity contribution >= 4 is 5.97 Å². The third-order valence-corrected chi connectivity index (χ3v) is 2.53. The van der Waals surface area contributed by atoms with Gasteiger partial charge in [0.2, 0.25) is 0 Å². The summed E-state index contributed by atoms with van der Waals surface area (Å²) in [5.74, 6) is -1.27. The average Bonchev–Trinajstić information content (AvgIpc) is 2.04. The number of carboxylic acids is 1. The Morgan fingerprint density at radius 2 is 2.00 bits per heavy atom. The van der Waals surface area contributed by atoms with Crippen LogP contribution < -0.4 is 5.73 Å². The third-order valence-electron chi connectivity index (χ3n) is 2.53. The average molecular weight is 173 g/mol. The molecule has 0 saturated heterocycles. The number of aliphatic carboxylic acids is 1.